The highest BCUT2D eigenvalue weighted by Gasteiger charge is 2.13. The van der Waals surface area contributed by atoms with Crippen molar-refractivity contribution in [2.24, 2.45) is 0 Å². The van der Waals surface area contributed by atoms with Gasteiger partial charge in [0.25, 0.3) is 0 Å². The predicted molar refractivity (Wildman–Crippen MR) is 84.8 cm³/mol. The standard InChI is InChI=1S/C16H17BrN2/c1-11-5-6-14(17)15(9-11)19-10-13-4-2-3-12-7-8-18-16(12)13/h2-6,9,18-19H,7-8,10H2,1H3. The fourth-order valence-electron chi connectivity index (χ4n) is 2.52. The first kappa shape index (κ1) is 12.5. The van der Waals surface area contributed by atoms with E-state index in [0.29, 0.717) is 0 Å². The average molecular weight is 317 g/mol. The smallest absolute Gasteiger partial charge is 0.0489 e. The number of hydrogen-bond donors (Lipinski definition) is 2. The number of hydrogen-bond acceptors (Lipinski definition) is 2. The maximum Gasteiger partial charge on any atom is 0.0489 e. The summed E-state index contributed by atoms with van der Waals surface area (Å²) in [4.78, 5) is 0. The molecule has 0 radical (unpaired) electrons. The topological polar surface area (TPSA) is 24.1 Å². The summed E-state index contributed by atoms with van der Waals surface area (Å²) < 4.78 is 1.11. The fraction of sp³-hybridized carbons (Fsp3) is 0.250. The highest BCUT2D eigenvalue weighted by molar-refractivity contribution is 9.10. The molecular weight excluding hydrogens is 300 g/mol. The molecular formula is C16H17BrN2. The zero-order chi connectivity index (χ0) is 13.2. The third-order valence-electron chi connectivity index (χ3n) is 3.52. The zero-order valence-corrected chi connectivity index (χ0v) is 12.5. The van der Waals surface area contributed by atoms with Crippen LogP contribution in [0.15, 0.2) is 40.9 Å². The van der Waals surface area contributed by atoms with Crippen LogP contribution in [-0.2, 0) is 13.0 Å². The molecule has 2 nitrogen and oxygen atoms in total. The van der Waals surface area contributed by atoms with Crippen LogP contribution < -0.4 is 10.6 Å². The van der Waals surface area contributed by atoms with Gasteiger partial charge in [0, 0.05) is 28.9 Å². The van der Waals surface area contributed by atoms with Crippen molar-refractivity contribution in [1.29, 1.82) is 0 Å². The maximum absolute atomic E-state index is 3.59. The van der Waals surface area contributed by atoms with Gasteiger partial charge in [-0.05, 0) is 58.1 Å². The third kappa shape index (κ3) is 2.61. The fourth-order valence-corrected chi connectivity index (χ4v) is 2.91. The Morgan fingerprint density at radius 1 is 1.26 bits per heavy atom. The molecule has 0 atom stereocenters. The second-order valence-electron chi connectivity index (χ2n) is 4.96. The molecule has 0 amide bonds. The van der Waals surface area contributed by atoms with Crippen molar-refractivity contribution in [3.63, 3.8) is 0 Å². The number of anilines is 2. The van der Waals surface area contributed by atoms with Gasteiger partial charge < -0.3 is 10.6 Å². The van der Waals surface area contributed by atoms with E-state index >= 15 is 0 Å². The molecule has 0 spiro atoms. The van der Waals surface area contributed by atoms with Gasteiger partial charge in [-0.3, -0.25) is 0 Å². The monoisotopic (exact) mass is 316 g/mol. The SMILES string of the molecule is Cc1ccc(Br)c(NCc2cccc3c2NCC3)c1. The van der Waals surface area contributed by atoms with Gasteiger partial charge in [-0.2, -0.15) is 0 Å². The Morgan fingerprint density at radius 3 is 3.05 bits per heavy atom. The molecule has 1 aliphatic heterocycles. The molecule has 3 heteroatoms. The zero-order valence-electron chi connectivity index (χ0n) is 11.0. The van der Waals surface area contributed by atoms with Crippen LogP contribution in [0, 0.1) is 6.92 Å². The number of fused-ring (bicyclic) bond motifs is 1. The van der Waals surface area contributed by atoms with E-state index in [-0.39, 0.29) is 0 Å². The van der Waals surface area contributed by atoms with Gasteiger partial charge in [-0.1, -0.05) is 24.3 Å². The summed E-state index contributed by atoms with van der Waals surface area (Å²) in [6, 6.07) is 12.9. The molecule has 1 aliphatic rings. The van der Waals surface area contributed by atoms with E-state index in [2.05, 4.69) is 69.9 Å². The van der Waals surface area contributed by atoms with Crippen LogP contribution in [0.3, 0.4) is 0 Å². The lowest BCUT2D eigenvalue weighted by Gasteiger charge is -2.12. The second-order valence-corrected chi connectivity index (χ2v) is 5.82. The van der Waals surface area contributed by atoms with Crippen molar-refractivity contribution in [1.82, 2.24) is 0 Å². The van der Waals surface area contributed by atoms with Crippen LogP contribution in [-0.4, -0.2) is 6.54 Å². The summed E-state index contributed by atoms with van der Waals surface area (Å²) in [5.74, 6) is 0. The minimum Gasteiger partial charge on any atom is -0.384 e. The molecule has 0 fully saturated rings. The molecule has 2 N–H and O–H groups in total. The number of halogens is 1. The van der Waals surface area contributed by atoms with Crippen LogP contribution in [0.4, 0.5) is 11.4 Å². The van der Waals surface area contributed by atoms with Crippen LogP contribution >= 0.6 is 15.9 Å². The molecule has 19 heavy (non-hydrogen) atoms. The molecule has 2 aromatic carbocycles. The van der Waals surface area contributed by atoms with E-state index < -0.39 is 0 Å². The summed E-state index contributed by atoms with van der Waals surface area (Å²) in [7, 11) is 0. The second kappa shape index (κ2) is 5.25. The molecule has 0 aliphatic carbocycles. The van der Waals surface area contributed by atoms with Gasteiger partial charge in [-0.25, -0.2) is 0 Å². The molecule has 0 bridgehead atoms. The highest BCUT2D eigenvalue weighted by Crippen LogP contribution is 2.28. The van der Waals surface area contributed by atoms with Gasteiger partial charge in [0.05, 0.1) is 0 Å². The van der Waals surface area contributed by atoms with Gasteiger partial charge in [-0.15, -0.1) is 0 Å². The molecule has 1 heterocycles. The van der Waals surface area contributed by atoms with Gasteiger partial charge in [0.1, 0.15) is 0 Å². The van der Waals surface area contributed by atoms with E-state index in [1.165, 1.54) is 22.4 Å². The minimum atomic E-state index is 0.845. The molecule has 98 valence electrons. The summed E-state index contributed by atoms with van der Waals surface area (Å²) >= 11 is 3.59. The lowest BCUT2D eigenvalue weighted by atomic mass is 10.1. The first-order valence-electron chi connectivity index (χ1n) is 6.59. The Labute approximate surface area is 122 Å². The average Bonchev–Trinajstić information content (AvgIpc) is 2.88. The number of nitrogens with one attached hydrogen (secondary N) is 2. The lowest BCUT2D eigenvalue weighted by Crippen LogP contribution is -2.03. The molecule has 3 rings (SSSR count). The summed E-state index contributed by atoms with van der Waals surface area (Å²) in [5.41, 5.74) is 6.50. The largest absolute Gasteiger partial charge is 0.384 e. The number of aryl methyl sites for hydroxylation is 1. The minimum absolute atomic E-state index is 0.845. The van der Waals surface area contributed by atoms with Gasteiger partial charge in [0.2, 0.25) is 0 Å². The van der Waals surface area contributed by atoms with Crippen molar-refractivity contribution in [2.75, 3.05) is 17.2 Å². The molecule has 0 unspecified atom stereocenters. The summed E-state index contributed by atoms with van der Waals surface area (Å²) in [5, 5.41) is 6.99. The first-order valence-corrected chi connectivity index (χ1v) is 7.38. The summed E-state index contributed by atoms with van der Waals surface area (Å²) in [6.45, 7) is 4.01. The molecule has 0 saturated heterocycles. The Morgan fingerprint density at radius 2 is 2.16 bits per heavy atom. The van der Waals surface area contributed by atoms with Crippen molar-refractivity contribution >= 4 is 27.3 Å². The Kier molecular flexibility index (Phi) is 3.47. The third-order valence-corrected chi connectivity index (χ3v) is 4.22. The van der Waals surface area contributed by atoms with E-state index in [9.17, 15) is 0 Å². The quantitative estimate of drug-likeness (QED) is 0.880. The van der Waals surface area contributed by atoms with Crippen LogP contribution in [0.2, 0.25) is 0 Å². The normalized spacial score (nSPS) is 12.9. The van der Waals surface area contributed by atoms with Crippen molar-refractivity contribution in [3.05, 3.63) is 57.6 Å². The van der Waals surface area contributed by atoms with Crippen LogP contribution in [0.1, 0.15) is 16.7 Å². The van der Waals surface area contributed by atoms with Crippen molar-refractivity contribution in [2.45, 2.75) is 19.9 Å². The molecule has 2 aromatic rings. The number of para-hydroxylation sites is 1. The van der Waals surface area contributed by atoms with E-state index in [0.717, 1.165) is 29.7 Å². The van der Waals surface area contributed by atoms with Crippen LogP contribution in [0.25, 0.3) is 0 Å². The van der Waals surface area contributed by atoms with E-state index in [1.54, 1.807) is 0 Å². The lowest BCUT2D eigenvalue weighted by molar-refractivity contribution is 1.11. The van der Waals surface area contributed by atoms with Gasteiger partial charge >= 0.3 is 0 Å². The van der Waals surface area contributed by atoms with Crippen molar-refractivity contribution < 1.29 is 0 Å². The Balaban J connectivity index is 1.80. The highest BCUT2D eigenvalue weighted by atomic mass is 79.9. The summed E-state index contributed by atoms with van der Waals surface area (Å²) in [6.07, 6.45) is 1.14. The number of rotatable bonds is 3. The number of benzene rings is 2. The van der Waals surface area contributed by atoms with Crippen molar-refractivity contribution in [3.8, 4) is 0 Å². The van der Waals surface area contributed by atoms with Crippen LogP contribution in [0.5, 0.6) is 0 Å². The Hall–Kier alpha value is -1.48. The maximum atomic E-state index is 3.59. The van der Waals surface area contributed by atoms with Gasteiger partial charge in [0.15, 0.2) is 0 Å². The predicted octanol–water partition coefficient (Wildman–Crippen LogP) is 4.34. The van der Waals surface area contributed by atoms with E-state index in [1.807, 2.05) is 0 Å². The Bertz CT molecular complexity index is 608. The first-order chi connectivity index (χ1) is 9.24. The molecule has 0 aromatic heterocycles. The van der Waals surface area contributed by atoms with E-state index in [4.69, 9.17) is 0 Å². The molecule has 0 saturated carbocycles.